The number of nitrogens with two attached hydrogens (primary N) is 1. The Morgan fingerprint density at radius 1 is 1.40 bits per heavy atom. The summed E-state index contributed by atoms with van der Waals surface area (Å²) in [7, 11) is 0. The smallest absolute Gasteiger partial charge is 0.223 e. The molecular formula is C11H17N5O3S. The van der Waals surface area contributed by atoms with E-state index in [9.17, 15) is 0 Å². The second-order valence-electron chi connectivity index (χ2n) is 3.99. The number of nitrogen functional groups attached to an aromatic ring is 1. The number of nitrogens with zero attached hydrogens (tertiary/aromatic N) is 4. The molecule has 2 aromatic heterocycles. The Morgan fingerprint density at radius 3 is 2.80 bits per heavy atom. The number of ether oxygens (including phenoxy) is 1. The van der Waals surface area contributed by atoms with Crippen molar-refractivity contribution < 1.29 is 14.9 Å². The average Bonchev–Trinajstić information content (AvgIpc) is 2.83. The molecule has 0 aliphatic carbocycles. The second-order valence-corrected chi connectivity index (χ2v) is 5.24. The Labute approximate surface area is 120 Å². The number of aliphatic hydroxyl groups is 2. The van der Waals surface area contributed by atoms with Gasteiger partial charge in [-0.2, -0.15) is 4.98 Å². The van der Waals surface area contributed by atoms with E-state index in [1.165, 1.54) is 11.8 Å². The summed E-state index contributed by atoms with van der Waals surface area (Å²) in [5, 5.41) is 18.7. The van der Waals surface area contributed by atoms with Gasteiger partial charge in [0.25, 0.3) is 0 Å². The van der Waals surface area contributed by atoms with Gasteiger partial charge >= 0.3 is 0 Å². The van der Waals surface area contributed by atoms with Crippen molar-refractivity contribution >= 4 is 28.9 Å². The minimum atomic E-state index is -0.629. The lowest BCUT2D eigenvalue weighted by atomic mass is 10.4. The van der Waals surface area contributed by atoms with Gasteiger partial charge in [-0.25, -0.2) is 9.97 Å². The molecule has 0 saturated carbocycles. The number of aliphatic hydroxyl groups excluding tert-OH is 2. The highest BCUT2D eigenvalue weighted by Gasteiger charge is 2.13. The van der Waals surface area contributed by atoms with Crippen molar-refractivity contribution in [3.05, 3.63) is 6.33 Å². The summed E-state index contributed by atoms with van der Waals surface area (Å²) in [6, 6.07) is 0. The maximum Gasteiger partial charge on any atom is 0.223 e. The molecule has 110 valence electrons. The van der Waals surface area contributed by atoms with Crippen LogP contribution in [0.25, 0.3) is 11.2 Å². The first-order chi connectivity index (χ1) is 9.69. The SMILES string of the molecule is CCSc1nc(N)nc2c1ncn2COC(CO)CO. The number of thioether (sulfide) groups is 1. The molecule has 0 amide bonds. The third-order valence-electron chi connectivity index (χ3n) is 2.59. The van der Waals surface area contributed by atoms with Crippen molar-refractivity contribution in [3.8, 4) is 0 Å². The number of imidazole rings is 1. The minimum absolute atomic E-state index is 0.120. The Kier molecular flexibility index (Phi) is 5.12. The quantitative estimate of drug-likeness (QED) is 0.477. The maximum absolute atomic E-state index is 8.97. The predicted molar refractivity (Wildman–Crippen MR) is 75.2 cm³/mol. The summed E-state index contributed by atoms with van der Waals surface area (Å²) in [5.74, 6) is 1.03. The van der Waals surface area contributed by atoms with Gasteiger partial charge in [0.05, 0.1) is 19.5 Å². The van der Waals surface area contributed by atoms with E-state index in [0.29, 0.717) is 11.2 Å². The van der Waals surface area contributed by atoms with Crippen LogP contribution in [0.4, 0.5) is 5.95 Å². The topological polar surface area (TPSA) is 119 Å². The molecule has 0 fully saturated rings. The van der Waals surface area contributed by atoms with Gasteiger partial charge in [0.15, 0.2) is 5.65 Å². The van der Waals surface area contributed by atoms with Crippen molar-refractivity contribution in [2.24, 2.45) is 0 Å². The molecule has 0 saturated heterocycles. The van der Waals surface area contributed by atoms with Crippen molar-refractivity contribution in [3.63, 3.8) is 0 Å². The minimum Gasteiger partial charge on any atom is -0.394 e. The molecule has 0 aliphatic heterocycles. The summed E-state index contributed by atoms with van der Waals surface area (Å²) in [5.41, 5.74) is 6.93. The Bertz CT molecular complexity index is 572. The van der Waals surface area contributed by atoms with Crippen LogP contribution in [-0.2, 0) is 11.5 Å². The lowest BCUT2D eigenvalue weighted by molar-refractivity contribution is -0.0488. The molecule has 0 spiro atoms. The molecule has 0 aromatic carbocycles. The number of hydrogen-bond donors (Lipinski definition) is 3. The number of aromatic nitrogens is 4. The Morgan fingerprint density at radius 2 is 2.15 bits per heavy atom. The first-order valence-corrected chi connectivity index (χ1v) is 7.12. The highest BCUT2D eigenvalue weighted by atomic mass is 32.2. The molecule has 2 rings (SSSR count). The van der Waals surface area contributed by atoms with E-state index in [4.69, 9.17) is 20.7 Å². The van der Waals surface area contributed by atoms with Crippen LogP contribution in [0.5, 0.6) is 0 Å². The molecule has 4 N–H and O–H groups in total. The molecule has 9 heteroatoms. The van der Waals surface area contributed by atoms with E-state index in [1.54, 1.807) is 10.9 Å². The first kappa shape index (κ1) is 15.0. The number of rotatable bonds is 7. The van der Waals surface area contributed by atoms with Gasteiger partial charge in [0, 0.05) is 0 Å². The zero-order chi connectivity index (χ0) is 14.5. The van der Waals surface area contributed by atoms with Crippen molar-refractivity contribution in [1.29, 1.82) is 0 Å². The van der Waals surface area contributed by atoms with Crippen LogP contribution in [0.3, 0.4) is 0 Å². The second kappa shape index (κ2) is 6.84. The van der Waals surface area contributed by atoms with Crippen LogP contribution in [0.1, 0.15) is 6.92 Å². The Balaban J connectivity index is 2.26. The fourth-order valence-corrected chi connectivity index (χ4v) is 2.33. The van der Waals surface area contributed by atoms with E-state index in [0.717, 1.165) is 10.8 Å². The van der Waals surface area contributed by atoms with Gasteiger partial charge in [-0.3, -0.25) is 4.57 Å². The van der Waals surface area contributed by atoms with Crippen LogP contribution >= 0.6 is 11.8 Å². The fourth-order valence-electron chi connectivity index (χ4n) is 1.62. The molecule has 0 aliphatic rings. The molecular weight excluding hydrogens is 282 g/mol. The van der Waals surface area contributed by atoms with E-state index in [1.807, 2.05) is 6.92 Å². The van der Waals surface area contributed by atoms with Gasteiger partial charge in [0.1, 0.15) is 23.4 Å². The van der Waals surface area contributed by atoms with Crippen LogP contribution in [-0.4, -0.2) is 54.8 Å². The molecule has 0 unspecified atom stereocenters. The molecule has 0 bridgehead atoms. The summed E-state index contributed by atoms with van der Waals surface area (Å²) in [6.07, 6.45) is 0.945. The van der Waals surface area contributed by atoms with E-state index in [2.05, 4.69) is 15.0 Å². The van der Waals surface area contributed by atoms with Gasteiger partial charge < -0.3 is 20.7 Å². The van der Waals surface area contributed by atoms with Crippen LogP contribution < -0.4 is 5.73 Å². The summed E-state index contributed by atoms with van der Waals surface area (Å²) in [6.45, 7) is 1.63. The van der Waals surface area contributed by atoms with Crippen LogP contribution in [0.2, 0.25) is 0 Å². The van der Waals surface area contributed by atoms with E-state index in [-0.39, 0.29) is 25.9 Å². The largest absolute Gasteiger partial charge is 0.394 e. The average molecular weight is 299 g/mol. The third kappa shape index (κ3) is 3.18. The van der Waals surface area contributed by atoms with Crippen LogP contribution in [0, 0.1) is 0 Å². The zero-order valence-corrected chi connectivity index (χ0v) is 11.9. The third-order valence-corrected chi connectivity index (χ3v) is 3.43. The number of hydrogen-bond acceptors (Lipinski definition) is 8. The van der Waals surface area contributed by atoms with Crippen molar-refractivity contribution in [2.45, 2.75) is 24.8 Å². The van der Waals surface area contributed by atoms with Crippen molar-refractivity contribution in [2.75, 3.05) is 24.7 Å². The molecule has 8 nitrogen and oxygen atoms in total. The highest BCUT2D eigenvalue weighted by Crippen LogP contribution is 2.24. The monoisotopic (exact) mass is 299 g/mol. The highest BCUT2D eigenvalue weighted by molar-refractivity contribution is 7.99. The van der Waals surface area contributed by atoms with E-state index < -0.39 is 6.10 Å². The standard InChI is InChI=1S/C11H17N5O3S/c1-2-20-10-8-9(14-11(12)15-10)16(5-13-8)6-19-7(3-17)4-18/h5,7,17-18H,2-4,6H2,1H3,(H2,12,14,15). The summed E-state index contributed by atoms with van der Waals surface area (Å²) < 4.78 is 7.01. The first-order valence-electron chi connectivity index (χ1n) is 6.14. The molecule has 0 atom stereocenters. The van der Waals surface area contributed by atoms with E-state index >= 15 is 0 Å². The Hall–Kier alpha value is -1.42. The molecule has 2 heterocycles. The normalized spacial score (nSPS) is 11.6. The summed E-state index contributed by atoms with van der Waals surface area (Å²) >= 11 is 1.54. The van der Waals surface area contributed by atoms with Gasteiger partial charge in [0.2, 0.25) is 5.95 Å². The van der Waals surface area contributed by atoms with Crippen LogP contribution in [0.15, 0.2) is 11.4 Å². The lowest BCUT2D eigenvalue weighted by Gasteiger charge is -2.13. The maximum atomic E-state index is 8.97. The lowest BCUT2D eigenvalue weighted by Crippen LogP contribution is -2.23. The van der Waals surface area contributed by atoms with Gasteiger partial charge in [-0.05, 0) is 5.75 Å². The molecule has 0 radical (unpaired) electrons. The number of fused-ring (bicyclic) bond motifs is 1. The molecule has 2 aromatic rings. The summed E-state index contributed by atoms with van der Waals surface area (Å²) in [4.78, 5) is 12.6. The van der Waals surface area contributed by atoms with Gasteiger partial charge in [-0.15, -0.1) is 11.8 Å². The van der Waals surface area contributed by atoms with Crippen molar-refractivity contribution in [1.82, 2.24) is 19.5 Å². The van der Waals surface area contributed by atoms with Gasteiger partial charge in [-0.1, -0.05) is 6.92 Å². The fraction of sp³-hybridized carbons (Fsp3) is 0.545. The predicted octanol–water partition coefficient (Wildman–Crippen LogP) is -0.152. The molecule has 20 heavy (non-hydrogen) atoms. The zero-order valence-electron chi connectivity index (χ0n) is 11.1. The number of anilines is 1.